The van der Waals surface area contributed by atoms with Crippen molar-refractivity contribution in [1.82, 2.24) is 0 Å². The van der Waals surface area contributed by atoms with Gasteiger partial charge < -0.3 is 4.74 Å². The molecule has 0 N–H and O–H groups in total. The summed E-state index contributed by atoms with van der Waals surface area (Å²) < 4.78 is 5.82. The van der Waals surface area contributed by atoms with Crippen LogP contribution in [0.2, 0.25) is 0 Å². The van der Waals surface area contributed by atoms with Gasteiger partial charge in [-0.25, -0.2) is 0 Å². The van der Waals surface area contributed by atoms with Crippen LogP contribution in [-0.4, -0.2) is 17.9 Å². The van der Waals surface area contributed by atoms with Gasteiger partial charge in [-0.15, -0.1) is 0 Å². The number of hydrogen-bond donors (Lipinski definition) is 0. The Morgan fingerprint density at radius 1 is 0.829 bits per heavy atom. The van der Waals surface area contributed by atoms with Crippen LogP contribution < -0.4 is 0 Å². The molecule has 3 heteroatoms. The molecule has 0 saturated heterocycles. The normalized spacial score (nSPS) is 48.3. The van der Waals surface area contributed by atoms with Gasteiger partial charge in [-0.2, -0.15) is 0 Å². The second-order valence-corrected chi connectivity index (χ2v) is 15.4. The summed E-state index contributed by atoms with van der Waals surface area (Å²) in [5, 5.41) is 0. The van der Waals surface area contributed by atoms with E-state index in [1.165, 1.54) is 50.2 Å². The highest BCUT2D eigenvalue weighted by Crippen LogP contribution is 2.75. The first-order valence-corrected chi connectivity index (χ1v) is 14.5. The van der Waals surface area contributed by atoms with E-state index in [0.29, 0.717) is 29.0 Å². The van der Waals surface area contributed by atoms with Crippen molar-refractivity contribution in [2.75, 3.05) is 0 Å². The molecule has 0 spiro atoms. The van der Waals surface area contributed by atoms with Crippen molar-refractivity contribution in [2.45, 2.75) is 133 Å². The van der Waals surface area contributed by atoms with Crippen LogP contribution >= 0.6 is 0 Å². The summed E-state index contributed by atoms with van der Waals surface area (Å²) in [4.78, 5) is 26.1. The van der Waals surface area contributed by atoms with Gasteiger partial charge in [0.1, 0.15) is 6.10 Å². The highest BCUT2D eigenvalue weighted by atomic mass is 16.5. The minimum Gasteiger partial charge on any atom is -0.462 e. The van der Waals surface area contributed by atoms with Crippen molar-refractivity contribution in [3.8, 4) is 0 Å². The minimum absolute atomic E-state index is 0.0277. The van der Waals surface area contributed by atoms with Crippen molar-refractivity contribution in [3.05, 3.63) is 11.1 Å². The lowest BCUT2D eigenvalue weighted by atomic mass is 9.34. The number of carbonyl (C=O) groups excluding carboxylic acids is 2. The van der Waals surface area contributed by atoms with Gasteiger partial charge in [0.15, 0.2) is 5.78 Å². The Morgan fingerprint density at radius 2 is 1.51 bits per heavy atom. The third-order valence-electron chi connectivity index (χ3n) is 13.6. The van der Waals surface area contributed by atoms with Crippen molar-refractivity contribution < 1.29 is 14.3 Å². The van der Waals surface area contributed by atoms with Gasteiger partial charge in [0, 0.05) is 29.7 Å². The van der Waals surface area contributed by atoms with Crippen LogP contribution in [0.4, 0.5) is 0 Å². The SMILES string of the molecule is CC(=O)O[C@H]1CC[C@]2(C)C3=C(C(=O)C[C@H]2C1(C)C)[C@@]1(C)CC[C@@]2(C)[C@@H](CCCC2(C)C)[C@]1(C)CC3. The maximum atomic E-state index is 14.2. The molecule has 5 aliphatic rings. The summed E-state index contributed by atoms with van der Waals surface area (Å²) in [7, 11) is 0. The van der Waals surface area contributed by atoms with Gasteiger partial charge in [-0.1, -0.05) is 67.4 Å². The Morgan fingerprint density at radius 3 is 2.17 bits per heavy atom. The lowest BCUT2D eigenvalue weighted by Gasteiger charge is -2.70. The van der Waals surface area contributed by atoms with E-state index in [1.807, 2.05) is 0 Å². The summed E-state index contributed by atoms with van der Waals surface area (Å²) in [6, 6.07) is 0. The molecule has 5 rings (SSSR count). The van der Waals surface area contributed by atoms with E-state index < -0.39 is 0 Å². The van der Waals surface area contributed by atoms with Crippen LogP contribution in [0.3, 0.4) is 0 Å². The lowest BCUT2D eigenvalue weighted by Crippen LogP contribution is -2.64. The summed E-state index contributed by atoms with van der Waals surface area (Å²) in [6.07, 6.45) is 11.1. The largest absolute Gasteiger partial charge is 0.462 e. The Kier molecular flexibility index (Phi) is 5.45. The first-order valence-electron chi connectivity index (χ1n) is 14.5. The molecule has 0 radical (unpaired) electrons. The molecule has 3 saturated carbocycles. The van der Waals surface area contributed by atoms with E-state index in [-0.39, 0.29) is 39.7 Å². The smallest absolute Gasteiger partial charge is 0.302 e. The fourth-order valence-electron chi connectivity index (χ4n) is 10.9. The monoisotopic (exact) mass is 482 g/mol. The van der Waals surface area contributed by atoms with E-state index in [2.05, 4.69) is 55.4 Å². The number of hydrogen-bond acceptors (Lipinski definition) is 3. The number of ether oxygens (including phenoxy) is 1. The fourth-order valence-corrected chi connectivity index (χ4v) is 10.9. The van der Waals surface area contributed by atoms with Crippen LogP contribution in [0.15, 0.2) is 11.1 Å². The van der Waals surface area contributed by atoms with Gasteiger partial charge in [0.2, 0.25) is 0 Å². The zero-order valence-corrected chi connectivity index (χ0v) is 24.0. The van der Waals surface area contributed by atoms with Crippen LogP contribution in [0.25, 0.3) is 0 Å². The molecular formula is C32H50O3. The molecule has 196 valence electrons. The average molecular weight is 483 g/mol. The zero-order chi connectivity index (χ0) is 25.8. The second-order valence-electron chi connectivity index (χ2n) is 15.4. The molecule has 0 bridgehead atoms. The first kappa shape index (κ1) is 25.5. The molecule has 0 amide bonds. The van der Waals surface area contributed by atoms with Crippen LogP contribution in [-0.2, 0) is 14.3 Å². The van der Waals surface area contributed by atoms with Gasteiger partial charge >= 0.3 is 5.97 Å². The van der Waals surface area contributed by atoms with E-state index in [0.717, 1.165) is 25.7 Å². The van der Waals surface area contributed by atoms with E-state index >= 15 is 0 Å². The topological polar surface area (TPSA) is 43.4 Å². The molecule has 3 fully saturated rings. The molecule has 35 heavy (non-hydrogen) atoms. The predicted octanol–water partition coefficient (Wildman–Crippen LogP) is 8.06. The number of rotatable bonds is 1. The molecule has 7 atom stereocenters. The Balaban J connectivity index is 1.60. The number of carbonyl (C=O) groups is 2. The van der Waals surface area contributed by atoms with Crippen LogP contribution in [0.5, 0.6) is 0 Å². The van der Waals surface area contributed by atoms with Crippen molar-refractivity contribution in [1.29, 1.82) is 0 Å². The number of allylic oxidation sites excluding steroid dienone is 2. The molecular weight excluding hydrogens is 432 g/mol. The molecule has 0 aliphatic heterocycles. The van der Waals surface area contributed by atoms with E-state index in [4.69, 9.17) is 4.74 Å². The van der Waals surface area contributed by atoms with Gasteiger partial charge in [-0.3, -0.25) is 9.59 Å². The molecule has 0 aromatic rings. The number of fused-ring (bicyclic) bond motifs is 6. The summed E-state index contributed by atoms with van der Waals surface area (Å²) in [6.45, 7) is 21.1. The number of Topliss-reactive ketones (excluding diaryl/α,β-unsaturated/α-hetero) is 1. The van der Waals surface area contributed by atoms with Gasteiger partial charge in [0.05, 0.1) is 0 Å². The Labute approximate surface area is 214 Å². The average Bonchev–Trinajstić information content (AvgIpc) is 2.74. The first-order chi connectivity index (χ1) is 16.0. The summed E-state index contributed by atoms with van der Waals surface area (Å²) in [5.41, 5.74) is 3.43. The van der Waals surface area contributed by atoms with Crippen molar-refractivity contribution in [3.63, 3.8) is 0 Å². The maximum absolute atomic E-state index is 14.2. The fraction of sp³-hybridized carbons (Fsp3) is 0.875. The third-order valence-corrected chi connectivity index (χ3v) is 13.6. The molecule has 3 nitrogen and oxygen atoms in total. The summed E-state index contributed by atoms with van der Waals surface area (Å²) in [5.74, 6) is 1.12. The molecule has 0 unspecified atom stereocenters. The highest BCUT2D eigenvalue weighted by Gasteiger charge is 2.68. The molecule has 0 aromatic heterocycles. The van der Waals surface area contributed by atoms with Gasteiger partial charge in [0.25, 0.3) is 0 Å². The molecule has 0 heterocycles. The number of esters is 1. The minimum atomic E-state index is -0.201. The second kappa shape index (κ2) is 7.47. The van der Waals surface area contributed by atoms with E-state index in [9.17, 15) is 9.59 Å². The number of ketones is 1. The van der Waals surface area contributed by atoms with E-state index in [1.54, 1.807) is 0 Å². The standard InChI is InChI=1S/C32H50O3/c1-20(33)35-25-13-15-29(6)21-12-16-31(8)23-11-10-14-27(2,3)30(23,7)17-18-32(31,9)26(21)22(34)19-24(29)28(25,4)5/h23-25H,10-19H2,1-9H3/t23-,24+,25+,29-,30+,31+,32-/m1/s1. The van der Waals surface area contributed by atoms with Crippen molar-refractivity contribution >= 4 is 11.8 Å². The highest BCUT2D eigenvalue weighted by molar-refractivity contribution is 5.99. The van der Waals surface area contributed by atoms with Crippen LogP contribution in [0, 0.1) is 44.3 Å². The molecule has 5 aliphatic carbocycles. The van der Waals surface area contributed by atoms with Crippen LogP contribution in [0.1, 0.15) is 127 Å². The molecule has 0 aromatic carbocycles. The third kappa shape index (κ3) is 3.08. The Hall–Kier alpha value is -1.12. The van der Waals surface area contributed by atoms with Gasteiger partial charge in [-0.05, 0) is 84.9 Å². The maximum Gasteiger partial charge on any atom is 0.302 e. The summed E-state index contributed by atoms with van der Waals surface area (Å²) >= 11 is 0. The zero-order valence-electron chi connectivity index (χ0n) is 24.0. The van der Waals surface area contributed by atoms with Crippen molar-refractivity contribution in [2.24, 2.45) is 44.3 Å². The quantitative estimate of drug-likeness (QED) is 0.355. The lowest BCUT2D eigenvalue weighted by molar-refractivity contribution is -0.183. The predicted molar refractivity (Wildman–Crippen MR) is 141 cm³/mol. The Bertz CT molecular complexity index is 987.